The Morgan fingerprint density at radius 1 is 1.17 bits per heavy atom. The number of aromatic nitrogens is 3. The molecule has 1 amide bonds. The molecule has 6 nitrogen and oxygen atoms in total. The molecule has 4 aromatic rings. The average molecular weight is 441 g/mol. The number of thioether (sulfide) groups is 1. The van der Waals surface area contributed by atoms with Crippen LogP contribution in [-0.4, -0.2) is 33.5 Å². The molecule has 152 valence electrons. The molecule has 2 aromatic carbocycles. The smallest absolute Gasteiger partial charge is 0.234 e. The third-order valence-corrected chi connectivity index (χ3v) is 5.94. The van der Waals surface area contributed by atoms with Gasteiger partial charge in [0.05, 0.1) is 23.4 Å². The maximum Gasteiger partial charge on any atom is 0.234 e. The van der Waals surface area contributed by atoms with Crippen molar-refractivity contribution in [3.63, 3.8) is 0 Å². The second kappa shape index (κ2) is 9.10. The lowest BCUT2D eigenvalue weighted by Gasteiger charge is -2.10. The van der Waals surface area contributed by atoms with Crippen LogP contribution in [0.15, 0.2) is 71.2 Å². The van der Waals surface area contributed by atoms with Crippen molar-refractivity contribution < 1.29 is 13.9 Å². The van der Waals surface area contributed by atoms with E-state index in [9.17, 15) is 9.18 Å². The van der Waals surface area contributed by atoms with Crippen LogP contribution in [0.2, 0.25) is 0 Å². The number of amides is 1. The van der Waals surface area contributed by atoms with Gasteiger partial charge in [-0.25, -0.2) is 4.39 Å². The lowest BCUT2D eigenvalue weighted by Crippen LogP contribution is -2.14. The summed E-state index contributed by atoms with van der Waals surface area (Å²) in [7, 11) is 1.61. The van der Waals surface area contributed by atoms with Gasteiger partial charge in [-0.05, 0) is 53.9 Å². The molecule has 1 N–H and O–H groups in total. The Bertz CT molecular complexity index is 1140. The summed E-state index contributed by atoms with van der Waals surface area (Å²) in [6, 6.07) is 17.3. The zero-order chi connectivity index (χ0) is 20.9. The zero-order valence-electron chi connectivity index (χ0n) is 15.9. The SMILES string of the molecule is COc1ccc(-n2c(SCC(=O)Nc3cccc(F)c3)nnc2-c2cccs2)cc1. The lowest BCUT2D eigenvalue weighted by atomic mass is 10.3. The van der Waals surface area contributed by atoms with Gasteiger partial charge in [-0.2, -0.15) is 0 Å². The second-order valence-electron chi connectivity index (χ2n) is 6.16. The fourth-order valence-electron chi connectivity index (χ4n) is 2.79. The van der Waals surface area contributed by atoms with Gasteiger partial charge in [0.15, 0.2) is 11.0 Å². The Kier molecular flexibility index (Phi) is 6.10. The van der Waals surface area contributed by atoms with E-state index in [1.807, 2.05) is 46.3 Å². The van der Waals surface area contributed by atoms with Crippen LogP contribution in [0.4, 0.5) is 10.1 Å². The van der Waals surface area contributed by atoms with E-state index >= 15 is 0 Å². The van der Waals surface area contributed by atoms with Gasteiger partial charge in [-0.1, -0.05) is 23.9 Å². The normalized spacial score (nSPS) is 10.7. The Morgan fingerprint density at radius 2 is 2.00 bits per heavy atom. The third kappa shape index (κ3) is 4.52. The van der Waals surface area contributed by atoms with Crippen LogP contribution in [0.25, 0.3) is 16.4 Å². The topological polar surface area (TPSA) is 69.0 Å². The fourth-order valence-corrected chi connectivity index (χ4v) is 4.24. The molecule has 0 unspecified atom stereocenters. The predicted octanol–water partition coefficient (Wildman–Crippen LogP) is 4.87. The Morgan fingerprint density at radius 3 is 2.70 bits per heavy atom. The average Bonchev–Trinajstić information content (AvgIpc) is 3.42. The molecular weight excluding hydrogens is 423 g/mol. The first-order chi connectivity index (χ1) is 14.6. The van der Waals surface area contributed by atoms with E-state index in [1.54, 1.807) is 30.6 Å². The molecule has 0 saturated heterocycles. The molecule has 0 fully saturated rings. The highest BCUT2D eigenvalue weighted by molar-refractivity contribution is 7.99. The number of thiophene rings is 1. The quantitative estimate of drug-likeness (QED) is 0.415. The van der Waals surface area contributed by atoms with Crippen LogP contribution in [0.1, 0.15) is 0 Å². The van der Waals surface area contributed by atoms with Gasteiger partial charge in [0.2, 0.25) is 5.91 Å². The minimum atomic E-state index is -0.403. The number of rotatable bonds is 7. The molecule has 0 bridgehead atoms. The highest BCUT2D eigenvalue weighted by Gasteiger charge is 2.18. The minimum Gasteiger partial charge on any atom is -0.497 e. The number of methoxy groups -OCH3 is 1. The summed E-state index contributed by atoms with van der Waals surface area (Å²) < 4.78 is 20.5. The van der Waals surface area contributed by atoms with Crippen molar-refractivity contribution in [1.82, 2.24) is 14.8 Å². The molecule has 9 heteroatoms. The van der Waals surface area contributed by atoms with Crippen LogP contribution in [0.5, 0.6) is 5.75 Å². The number of ether oxygens (including phenoxy) is 1. The van der Waals surface area contributed by atoms with E-state index in [0.717, 1.165) is 16.3 Å². The van der Waals surface area contributed by atoms with E-state index in [1.165, 1.54) is 23.9 Å². The Labute approximate surface area is 180 Å². The van der Waals surface area contributed by atoms with Gasteiger partial charge in [0, 0.05) is 5.69 Å². The van der Waals surface area contributed by atoms with Crippen molar-refractivity contribution in [2.75, 3.05) is 18.2 Å². The summed E-state index contributed by atoms with van der Waals surface area (Å²) in [6.07, 6.45) is 0. The van der Waals surface area contributed by atoms with Crippen molar-refractivity contribution >= 4 is 34.7 Å². The first-order valence-electron chi connectivity index (χ1n) is 8.96. The van der Waals surface area contributed by atoms with Gasteiger partial charge in [0.1, 0.15) is 11.6 Å². The highest BCUT2D eigenvalue weighted by atomic mass is 32.2. The van der Waals surface area contributed by atoms with E-state index in [4.69, 9.17) is 4.74 Å². The van der Waals surface area contributed by atoms with Gasteiger partial charge < -0.3 is 10.1 Å². The van der Waals surface area contributed by atoms with Crippen molar-refractivity contribution in [3.8, 4) is 22.1 Å². The van der Waals surface area contributed by atoms with Crippen LogP contribution >= 0.6 is 23.1 Å². The number of carbonyl (C=O) groups excluding carboxylic acids is 1. The number of nitrogens with one attached hydrogen (secondary N) is 1. The third-order valence-electron chi connectivity index (χ3n) is 4.15. The summed E-state index contributed by atoms with van der Waals surface area (Å²) in [4.78, 5) is 13.3. The van der Waals surface area contributed by atoms with E-state index < -0.39 is 5.82 Å². The number of hydrogen-bond acceptors (Lipinski definition) is 6. The summed E-state index contributed by atoms with van der Waals surface area (Å²) >= 11 is 2.82. The number of hydrogen-bond donors (Lipinski definition) is 1. The number of carbonyl (C=O) groups is 1. The van der Waals surface area contributed by atoms with E-state index in [0.29, 0.717) is 16.7 Å². The molecule has 0 spiro atoms. The Hall–Kier alpha value is -3.17. The van der Waals surface area contributed by atoms with Crippen molar-refractivity contribution in [2.45, 2.75) is 5.16 Å². The molecule has 0 aliphatic rings. The molecule has 30 heavy (non-hydrogen) atoms. The first-order valence-corrected chi connectivity index (χ1v) is 10.8. The minimum absolute atomic E-state index is 0.106. The molecule has 0 aliphatic heterocycles. The van der Waals surface area contributed by atoms with Crippen molar-refractivity contribution in [2.24, 2.45) is 0 Å². The van der Waals surface area contributed by atoms with Gasteiger partial charge in [-0.15, -0.1) is 21.5 Å². The number of benzene rings is 2. The molecule has 0 atom stereocenters. The molecule has 0 radical (unpaired) electrons. The highest BCUT2D eigenvalue weighted by Crippen LogP contribution is 2.31. The van der Waals surface area contributed by atoms with Gasteiger partial charge in [0.25, 0.3) is 0 Å². The number of nitrogens with zero attached hydrogens (tertiary/aromatic N) is 3. The maximum absolute atomic E-state index is 13.3. The summed E-state index contributed by atoms with van der Waals surface area (Å²) in [5, 5.41) is 13.9. The number of anilines is 1. The first kappa shape index (κ1) is 20.1. The number of halogens is 1. The van der Waals surface area contributed by atoms with Gasteiger partial charge in [-0.3, -0.25) is 9.36 Å². The molecule has 0 aliphatic carbocycles. The maximum atomic E-state index is 13.3. The van der Waals surface area contributed by atoms with Crippen LogP contribution in [-0.2, 0) is 4.79 Å². The van der Waals surface area contributed by atoms with Gasteiger partial charge >= 0.3 is 0 Å². The molecule has 2 aromatic heterocycles. The van der Waals surface area contributed by atoms with Crippen LogP contribution in [0, 0.1) is 5.82 Å². The van der Waals surface area contributed by atoms with Crippen molar-refractivity contribution in [3.05, 3.63) is 71.9 Å². The second-order valence-corrected chi connectivity index (χ2v) is 8.05. The standard InChI is InChI=1S/C21H17FN4O2S2/c1-28-17-9-7-16(8-10-17)26-20(18-6-3-11-29-18)24-25-21(26)30-13-19(27)23-15-5-2-4-14(22)12-15/h2-12H,13H2,1H3,(H,23,27). The Balaban J connectivity index is 1.57. The lowest BCUT2D eigenvalue weighted by molar-refractivity contribution is -0.113. The largest absolute Gasteiger partial charge is 0.497 e. The van der Waals surface area contributed by atoms with E-state index in [2.05, 4.69) is 15.5 Å². The van der Waals surface area contributed by atoms with E-state index in [-0.39, 0.29) is 11.7 Å². The molecular formula is C21H17FN4O2S2. The monoisotopic (exact) mass is 440 g/mol. The summed E-state index contributed by atoms with van der Waals surface area (Å²) in [5.74, 6) is 0.888. The molecule has 4 rings (SSSR count). The molecule has 0 saturated carbocycles. The summed E-state index contributed by atoms with van der Waals surface area (Å²) in [5.41, 5.74) is 1.27. The van der Waals surface area contributed by atoms with Crippen molar-refractivity contribution in [1.29, 1.82) is 0 Å². The van der Waals surface area contributed by atoms with Crippen LogP contribution in [0.3, 0.4) is 0 Å². The fraction of sp³-hybridized carbons (Fsp3) is 0.0952. The summed E-state index contributed by atoms with van der Waals surface area (Å²) in [6.45, 7) is 0. The molecule has 2 heterocycles. The predicted molar refractivity (Wildman–Crippen MR) is 117 cm³/mol. The zero-order valence-corrected chi connectivity index (χ0v) is 17.5. The van der Waals surface area contributed by atoms with Crippen LogP contribution < -0.4 is 10.1 Å².